The van der Waals surface area contributed by atoms with Gasteiger partial charge in [0.1, 0.15) is 0 Å². The van der Waals surface area contributed by atoms with Crippen molar-refractivity contribution in [3.63, 3.8) is 0 Å². The van der Waals surface area contributed by atoms with Gasteiger partial charge in [-0.15, -0.1) is 0 Å². The van der Waals surface area contributed by atoms with Crippen LogP contribution in [0, 0.1) is 0 Å². The lowest BCUT2D eigenvalue weighted by atomic mass is 10.2. The highest BCUT2D eigenvalue weighted by Gasteiger charge is 2.37. The molecule has 6 nitrogen and oxygen atoms in total. The Hall–Kier alpha value is -1.99. The van der Waals surface area contributed by atoms with Gasteiger partial charge in [0.25, 0.3) is 5.79 Å². The molecule has 1 aliphatic carbocycles. The molecule has 0 bridgehead atoms. The Kier molecular flexibility index (Phi) is 3.51. The second-order valence-corrected chi connectivity index (χ2v) is 5.31. The molecule has 6 heteroatoms. The van der Waals surface area contributed by atoms with Gasteiger partial charge in [-0.05, 0) is 24.6 Å². The van der Waals surface area contributed by atoms with Crippen molar-refractivity contribution >= 4 is 16.6 Å². The minimum absolute atomic E-state index is 0.231. The summed E-state index contributed by atoms with van der Waals surface area (Å²) in [5.41, 5.74) is 1.79. The van der Waals surface area contributed by atoms with Gasteiger partial charge in [-0.3, -0.25) is 4.98 Å². The second-order valence-electron chi connectivity index (χ2n) is 5.31. The highest BCUT2D eigenvalue weighted by atomic mass is 17.3. The van der Waals surface area contributed by atoms with Crippen molar-refractivity contribution in [3.05, 3.63) is 48.7 Å². The summed E-state index contributed by atoms with van der Waals surface area (Å²) < 4.78 is 0. The van der Waals surface area contributed by atoms with E-state index in [0.717, 1.165) is 23.0 Å². The van der Waals surface area contributed by atoms with Crippen molar-refractivity contribution in [2.24, 2.45) is 0 Å². The number of aromatic nitrogens is 1. The maximum atomic E-state index is 5.40. The van der Waals surface area contributed by atoms with Crippen molar-refractivity contribution in [3.8, 4) is 0 Å². The van der Waals surface area contributed by atoms with Crippen LogP contribution in [0.3, 0.4) is 0 Å². The number of hydrogen-bond acceptors (Lipinski definition) is 6. The van der Waals surface area contributed by atoms with Crippen LogP contribution in [0.2, 0.25) is 0 Å². The van der Waals surface area contributed by atoms with E-state index < -0.39 is 5.79 Å². The molecule has 1 spiro atoms. The molecule has 2 heterocycles. The molecule has 1 aromatic carbocycles. The van der Waals surface area contributed by atoms with Crippen molar-refractivity contribution < 1.29 is 19.6 Å². The van der Waals surface area contributed by atoms with Gasteiger partial charge in [-0.1, -0.05) is 24.3 Å². The van der Waals surface area contributed by atoms with E-state index in [1.807, 2.05) is 47.4 Å². The first-order valence-corrected chi connectivity index (χ1v) is 7.24. The van der Waals surface area contributed by atoms with Gasteiger partial charge < -0.3 is 4.90 Å². The van der Waals surface area contributed by atoms with E-state index in [1.165, 1.54) is 0 Å². The zero-order chi connectivity index (χ0) is 14.8. The Bertz CT molecular complexity index is 688. The number of rotatable bonds is 1. The van der Waals surface area contributed by atoms with Gasteiger partial charge in [-0.2, -0.15) is 9.78 Å². The molecule has 114 valence electrons. The Morgan fingerprint density at radius 2 is 1.86 bits per heavy atom. The standard InChI is InChI=1S/C16H16N2O4/c1-2-9-16(8-1)21-19-11-18(12-20-22-16)14-7-3-5-13-6-4-10-17-15(13)14/h1,3-8,10H,2,9,11-12H2. The van der Waals surface area contributed by atoms with Crippen LogP contribution in [-0.2, 0) is 19.6 Å². The normalized spacial score (nSPS) is 21.2. The van der Waals surface area contributed by atoms with Crippen LogP contribution in [0.1, 0.15) is 12.8 Å². The minimum atomic E-state index is -0.914. The number of allylic oxidation sites excluding steroid dienone is 1. The van der Waals surface area contributed by atoms with E-state index in [4.69, 9.17) is 19.6 Å². The second kappa shape index (κ2) is 5.66. The predicted molar refractivity (Wildman–Crippen MR) is 79.4 cm³/mol. The maximum absolute atomic E-state index is 5.40. The molecule has 2 aliphatic rings. The van der Waals surface area contributed by atoms with E-state index >= 15 is 0 Å². The van der Waals surface area contributed by atoms with Crippen molar-refractivity contribution in [1.29, 1.82) is 0 Å². The smallest absolute Gasteiger partial charge is 0.252 e. The molecule has 0 saturated carbocycles. The zero-order valence-electron chi connectivity index (χ0n) is 12.0. The van der Waals surface area contributed by atoms with Gasteiger partial charge >= 0.3 is 0 Å². The van der Waals surface area contributed by atoms with E-state index in [0.29, 0.717) is 6.42 Å². The number of para-hydroxylation sites is 1. The number of anilines is 1. The number of fused-ring (bicyclic) bond motifs is 1. The van der Waals surface area contributed by atoms with Crippen LogP contribution in [0.15, 0.2) is 48.7 Å². The van der Waals surface area contributed by atoms with Crippen molar-refractivity contribution in [1.82, 2.24) is 4.98 Å². The topological polar surface area (TPSA) is 53.1 Å². The fraction of sp³-hybridized carbons (Fsp3) is 0.312. The quantitative estimate of drug-likeness (QED) is 0.596. The number of pyridine rings is 1. The summed E-state index contributed by atoms with van der Waals surface area (Å²) in [6.07, 6.45) is 7.14. The molecule has 22 heavy (non-hydrogen) atoms. The molecule has 4 rings (SSSR count). The van der Waals surface area contributed by atoms with Crippen LogP contribution >= 0.6 is 0 Å². The zero-order valence-corrected chi connectivity index (χ0v) is 12.0. The third-order valence-corrected chi connectivity index (χ3v) is 3.80. The van der Waals surface area contributed by atoms with Gasteiger partial charge in [-0.25, -0.2) is 9.78 Å². The summed E-state index contributed by atoms with van der Waals surface area (Å²) in [6, 6.07) is 9.89. The number of benzene rings is 1. The van der Waals surface area contributed by atoms with Crippen molar-refractivity contribution in [2.75, 3.05) is 18.4 Å². The van der Waals surface area contributed by atoms with Crippen LogP contribution in [0.25, 0.3) is 10.9 Å². The first-order chi connectivity index (χ1) is 10.9. The molecule has 1 aliphatic heterocycles. The molecule has 0 atom stereocenters. The van der Waals surface area contributed by atoms with E-state index in [-0.39, 0.29) is 13.5 Å². The predicted octanol–water partition coefficient (Wildman–Crippen LogP) is 2.91. The van der Waals surface area contributed by atoms with Crippen LogP contribution in [0.4, 0.5) is 5.69 Å². The SMILES string of the molecule is C1=CC2(CC1)OOCN(c1cccc3cccnc13)COO2. The molecular weight excluding hydrogens is 284 g/mol. The van der Waals surface area contributed by atoms with Gasteiger partial charge in [0.15, 0.2) is 13.5 Å². The molecule has 1 saturated heterocycles. The summed E-state index contributed by atoms with van der Waals surface area (Å²) in [5.74, 6) is -0.914. The average Bonchev–Trinajstić information content (AvgIpc) is 3.00. The monoisotopic (exact) mass is 300 g/mol. The maximum Gasteiger partial charge on any atom is 0.252 e. The molecule has 0 radical (unpaired) electrons. The third-order valence-electron chi connectivity index (χ3n) is 3.80. The Morgan fingerprint density at radius 1 is 1.05 bits per heavy atom. The summed E-state index contributed by atoms with van der Waals surface area (Å²) in [5, 5.41) is 1.05. The van der Waals surface area contributed by atoms with Gasteiger partial charge in [0, 0.05) is 18.0 Å². The number of hydrogen-bond donors (Lipinski definition) is 0. The highest BCUT2D eigenvalue weighted by molar-refractivity contribution is 5.90. The molecule has 1 fully saturated rings. The Labute approximate surface area is 127 Å². The van der Waals surface area contributed by atoms with Gasteiger partial charge in [0.05, 0.1) is 11.2 Å². The lowest BCUT2D eigenvalue weighted by molar-refractivity contribution is -0.506. The largest absolute Gasteiger partial charge is 0.318 e. The van der Waals surface area contributed by atoms with E-state index in [1.54, 1.807) is 6.20 Å². The van der Waals surface area contributed by atoms with E-state index in [2.05, 4.69) is 4.98 Å². The fourth-order valence-electron chi connectivity index (χ4n) is 2.68. The summed E-state index contributed by atoms with van der Waals surface area (Å²) in [4.78, 5) is 27.8. The molecule has 0 amide bonds. The molecule has 0 N–H and O–H groups in total. The van der Waals surface area contributed by atoms with Crippen LogP contribution in [-0.4, -0.2) is 24.2 Å². The average molecular weight is 300 g/mol. The lowest BCUT2D eigenvalue weighted by Crippen LogP contribution is -2.40. The fourth-order valence-corrected chi connectivity index (χ4v) is 2.68. The third kappa shape index (κ3) is 2.46. The first-order valence-electron chi connectivity index (χ1n) is 7.24. The van der Waals surface area contributed by atoms with Crippen LogP contribution < -0.4 is 4.90 Å². The van der Waals surface area contributed by atoms with E-state index in [9.17, 15) is 0 Å². The Morgan fingerprint density at radius 3 is 2.64 bits per heavy atom. The summed E-state index contributed by atoms with van der Waals surface area (Å²) in [6.45, 7) is 0.462. The highest BCUT2D eigenvalue weighted by Crippen LogP contribution is 2.31. The molecule has 0 unspecified atom stereocenters. The van der Waals surface area contributed by atoms with Crippen LogP contribution in [0.5, 0.6) is 0 Å². The minimum Gasteiger partial charge on any atom is -0.318 e. The van der Waals surface area contributed by atoms with Crippen molar-refractivity contribution in [2.45, 2.75) is 18.6 Å². The number of nitrogens with zero attached hydrogens (tertiary/aromatic N) is 2. The first kappa shape index (κ1) is 13.7. The van der Waals surface area contributed by atoms with Gasteiger partial charge in [0.2, 0.25) is 0 Å². The summed E-state index contributed by atoms with van der Waals surface area (Å²) in [7, 11) is 0. The lowest BCUT2D eigenvalue weighted by Gasteiger charge is -2.32. The molecule has 1 aromatic heterocycles. The molecule has 2 aromatic rings. The summed E-state index contributed by atoms with van der Waals surface area (Å²) >= 11 is 0. The Balaban J connectivity index is 1.57. The molecular formula is C16H16N2O4.